The first-order valence-electron chi connectivity index (χ1n) is 17.4. The average molecular weight is 851 g/mol. The van der Waals surface area contributed by atoms with Crippen LogP contribution in [-0.2, 0) is 33.6 Å². The molecule has 0 saturated carbocycles. The number of phenols is 2. The molecular formula is C34H37ClN7O13S2+. The number of quaternary nitrogens is 1. The molecule has 0 radical (unpaired) electrons. The van der Waals surface area contributed by atoms with Gasteiger partial charge in [-0.1, -0.05) is 16.8 Å². The van der Waals surface area contributed by atoms with Gasteiger partial charge in [0.25, 0.3) is 17.7 Å². The fourth-order valence-electron chi connectivity index (χ4n) is 7.90. The number of thiazole rings is 1. The normalized spacial score (nSPS) is 27.2. The molecule has 3 fully saturated rings. The third-order valence-corrected chi connectivity index (χ3v) is 13.2. The molecule has 3 saturated heterocycles. The number of anilines is 1. The summed E-state index contributed by atoms with van der Waals surface area (Å²) < 4.78 is 0.432. The molecule has 6 rings (SSSR count). The summed E-state index contributed by atoms with van der Waals surface area (Å²) in [6.45, 7) is 2.07. The number of piperidine rings is 1. The lowest BCUT2D eigenvalue weighted by molar-refractivity contribution is -0.944. The van der Waals surface area contributed by atoms with Crippen LogP contribution < -0.4 is 16.4 Å². The number of carbonyl (C=O) groups excluding carboxylic acids is 4. The number of hydrogen-bond acceptors (Lipinski definition) is 15. The second-order valence-corrected chi connectivity index (χ2v) is 17.0. The molecule has 304 valence electrons. The lowest BCUT2D eigenvalue weighted by Gasteiger charge is -2.53. The molecule has 23 heteroatoms. The van der Waals surface area contributed by atoms with E-state index in [0.29, 0.717) is 22.9 Å². The molecule has 4 aliphatic heterocycles. The first-order valence-corrected chi connectivity index (χ1v) is 19.6. The van der Waals surface area contributed by atoms with Gasteiger partial charge in [0.1, 0.15) is 29.4 Å². The number of ketones is 1. The van der Waals surface area contributed by atoms with E-state index in [1.165, 1.54) is 17.1 Å². The number of carboxylic acids is 3. The minimum absolute atomic E-state index is 0.0179. The number of aromatic hydroxyl groups is 2. The van der Waals surface area contributed by atoms with E-state index in [4.69, 9.17) is 27.3 Å². The second kappa shape index (κ2) is 15.8. The monoisotopic (exact) mass is 850 g/mol. The number of amides is 3. The van der Waals surface area contributed by atoms with Crippen molar-refractivity contribution in [1.29, 1.82) is 0 Å². The minimum Gasteiger partial charge on any atom is -0.504 e. The number of Topliss-reactive ketones (excluding diaryl/α,β-unsaturated/α-hetero) is 1. The highest BCUT2D eigenvalue weighted by atomic mass is 35.5. The second-order valence-electron chi connectivity index (χ2n) is 14.2. The van der Waals surface area contributed by atoms with Gasteiger partial charge in [-0.05, 0) is 19.1 Å². The predicted octanol–water partition coefficient (Wildman–Crippen LogP) is 0.705. The van der Waals surface area contributed by atoms with Crippen molar-refractivity contribution in [3.63, 3.8) is 0 Å². The first kappa shape index (κ1) is 41.2. The zero-order valence-electron chi connectivity index (χ0n) is 30.1. The van der Waals surface area contributed by atoms with Crippen molar-refractivity contribution in [1.82, 2.24) is 20.5 Å². The fourth-order valence-corrected chi connectivity index (χ4v) is 10.1. The Morgan fingerprint density at radius 1 is 1.09 bits per heavy atom. The van der Waals surface area contributed by atoms with Gasteiger partial charge in [-0.15, -0.1) is 23.1 Å². The Balaban J connectivity index is 1.16. The Kier molecular flexibility index (Phi) is 11.4. The average Bonchev–Trinajstić information content (AvgIpc) is 3.61. The van der Waals surface area contributed by atoms with E-state index < -0.39 is 87.8 Å². The van der Waals surface area contributed by atoms with Crippen molar-refractivity contribution < 1.29 is 68.4 Å². The van der Waals surface area contributed by atoms with Crippen LogP contribution in [0.2, 0.25) is 5.02 Å². The van der Waals surface area contributed by atoms with E-state index in [-0.39, 0.29) is 51.8 Å². The summed E-state index contributed by atoms with van der Waals surface area (Å²) in [6.07, 6.45) is -0.450. The maximum Gasteiger partial charge on any atom is 0.352 e. The highest BCUT2D eigenvalue weighted by molar-refractivity contribution is 8.00. The smallest absolute Gasteiger partial charge is 0.352 e. The number of oxime groups is 1. The summed E-state index contributed by atoms with van der Waals surface area (Å²) in [5.74, 6) is -9.37. The number of β-lactam (4-membered cyclic amide) rings is 1. The molecule has 1 aromatic carbocycles. The number of aromatic nitrogens is 1. The van der Waals surface area contributed by atoms with E-state index >= 15 is 0 Å². The zero-order chi connectivity index (χ0) is 41.7. The van der Waals surface area contributed by atoms with E-state index in [2.05, 4.69) is 20.8 Å². The molecule has 2 bridgehead atoms. The Morgan fingerprint density at radius 3 is 2.32 bits per heavy atom. The van der Waals surface area contributed by atoms with Crippen molar-refractivity contribution in [3.05, 3.63) is 45.1 Å². The van der Waals surface area contributed by atoms with Crippen LogP contribution in [-0.4, -0.2) is 142 Å². The third-order valence-electron chi connectivity index (χ3n) is 10.8. The number of nitrogen functional groups attached to an aromatic ring is 1. The van der Waals surface area contributed by atoms with Crippen LogP contribution in [0.1, 0.15) is 55.1 Å². The molecule has 8 atom stereocenters. The molecule has 2 aromatic rings. The number of halogens is 1. The topological polar surface area (TPSA) is 308 Å². The molecule has 1 aromatic heterocycles. The summed E-state index contributed by atoms with van der Waals surface area (Å²) in [6, 6.07) is 0.347. The maximum atomic E-state index is 13.7. The molecule has 0 aliphatic carbocycles. The van der Waals surface area contributed by atoms with E-state index in [1.54, 1.807) is 6.92 Å². The number of nitrogens with one attached hydrogen (secondary N) is 2. The summed E-state index contributed by atoms with van der Waals surface area (Å²) >= 11 is 8.05. The number of fused-ring (bicyclic) bond motifs is 3. The minimum atomic E-state index is -1.96. The number of aliphatic carboxylic acids is 3. The number of nitrogens with zero attached hydrogens (tertiary/aromatic N) is 4. The highest BCUT2D eigenvalue weighted by Gasteiger charge is 2.58. The van der Waals surface area contributed by atoms with E-state index in [9.17, 15) is 54.0 Å². The lowest BCUT2D eigenvalue weighted by atomic mass is 9.92. The first-order chi connectivity index (χ1) is 26.8. The number of nitrogens with two attached hydrogens (primary N) is 1. The van der Waals surface area contributed by atoms with Crippen LogP contribution >= 0.6 is 34.7 Å². The van der Waals surface area contributed by atoms with Gasteiger partial charge in [-0.25, -0.2) is 14.6 Å². The molecule has 3 amide bonds. The highest BCUT2D eigenvalue weighted by Crippen LogP contribution is 2.48. The molecule has 4 aliphatic rings. The number of hydrogen-bond donors (Lipinski definition) is 8. The Bertz CT molecular complexity index is 2110. The van der Waals surface area contributed by atoms with Crippen LogP contribution in [0.25, 0.3) is 0 Å². The van der Waals surface area contributed by atoms with Gasteiger partial charge in [0.15, 0.2) is 22.3 Å². The largest absolute Gasteiger partial charge is 0.504 e. The quantitative estimate of drug-likeness (QED) is 0.0247. The third kappa shape index (κ3) is 7.93. The summed E-state index contributed by atoms with van der Waals surface area (Å²) in [5, 5.41) is 57.1. The summed E-state index contributed by atoms with van der Waals surface area (Å²) in [7, 11) is 2.00. The zero-order valence-corrected chi connectivity index (χ0v) is 32.5. The fraction of sp³-hybridized carbons (Fsp3) is 0.441. The van der Waals surface area contributed by atoms with Gasteiger partial charge in [0.05, 0.1) is 30.6 Å². The predicted molar refractivity (Wildman–Crippen MR) is 200 cm³/mol. The Hall–Kier alpha value is -5.45. The number of rotatable bonds is 14. The van der Waals surface area contributed by atoms with Crippen molar-refractivity contribution in [2.45, 2.75) is 79.9 Å². The molecule has 57 heavy (non-hydrogen) atoms. The van der Waals surface area contributed by atoms with Gasteiger partial charge < -0.3 is 51.2 Å². The Morgan fingerprint density at radius 2 is 1.75 bits per heavy atom. The van der Waals surface area contributed by atoms with Crippen LogP contribution in [0.5, 0.6) is 11.5 Å². The van der Waals surface area contributed by atoms with Crippen LogP contribution in [0, 0.1) is 0 Å². The number of carbonyl (C=O) groups is 7. The molecular weight excluding hydrogens is 814 g/mol. The number of thioether (sulfide) groups is 1. The van der Waals surface area contributed by atoms with Gasteiger partial charge in [0.2, 0.25) is 11.9 Å². The van der Waals surface area contributed by atoms with Crippen LogP contribution in [0.15, 0.2) is 33.9 Å². The summed E-state index contributed by atoms with van der Waals surface area (Å²) in [5.41, 5.74) is 5.09. The van der Waals surface area contributed by atoms with Gasteiger partial charge >= 0.3 is 17.9 Å². The van der Waals surface area contributed by atoms with E-state index in [0.717, 1.165) is 41.2 Å². The molecule has 20 nitrogen and oxygen atoms in total. The summed E-state index contributed by atoms with van der Waals surface area (Å²) in [4.78, 5) is 98.5. The van der Waals surface area contributed by atoms with Crippen molar-refractivity contribution in [2.75, 3.05) is 19.3 Å². The van der Waals surface area contributed by atoms with Crippen molar-refractivity contribution >= 4 is 87.0 Å². The van der Waals surface area contributed by atoms with Gasteiger partial charge in [-0.2, -0.15) is 0 Å². The molecule has 0 spiro atoms. The molecule has 5 heterocycles. The standard InChI is InChI=1S/C34H36ClN7O13S2/c1-12-17(10-42(2)15-3-4-16(42)8-14(7-15)37-29(49)26(46)13-5-18(35)27(47)20(43)6-13)25(33(53)54)41-30(50)24(31(41)57-12)39-28(48)23(19-11-56-34(36)38-19)40-55-21(32(51)52)9-22(44)45/h5-6,11-12,14-16,21,24,31H,3-4,7-10H2,1-2H3,(H8-,36,37,38,39,40,43,44,45,46,47,48,49,51,52,53,54)/p+1/t12-,14?,15-,16+,21-,24+,31+,42?/m0/s1. The number of phenolic OH excluding ortho intramolecular Hbond substituents is 2. The van der Waals surface area contributed by atoms with E-state index in [1.807, 2.05) is 7.05 Å². The maximum absolute atomic E-state index is 13.7. The van der Waals surface area contributed by atoms with Crippen LogP contribution in [0.4, 0.5) is 5.13 Å². The van der Waals surface area contributed by atoms with Gasteiger partial charge in [-0.3, -0.25) is 28.9 Å². The lowest BCUT2D eigenvalue weighted by Crippen LogP contribution is -2.72. The number of carboxylic acid groups (broad SMARTS) is 3. The molecule has 2 unspecified atom stereocenters. The van der Waals surface area contributed by atoms with Crippen molar-refractivity contribution in [2.24, 2.45) is 5.16 Å². The van der Waals surface area contributed by atoms with Crippen molar-refractivity contribution in [3.8, 4) is 11.5 Å². The van der Waals surface area contributed by atoms with Crippen LogP contribution in [0.3, 0.4) is 0 Å². The number of likely N-dealkylation sites (N-methyl/N-ethyl adjacent to an activating group) is 1. The Labute approximate surface area is 335 Å². The van der Waals surface area contributed by atoms with Gasteiger partial charge in [0, 0.05) is 53.5 Å². The number of benzene rings is 1. The SMILES string of the molecule is C[C@@H]1S[C@@H]2[C@H](NC(=O)/C(=N\O[C@@H](CC(=O)O)C(=O)O)c3csc(N)n3)C(=O)N2C(C(=O)O)=C1C[N+]1(C)[C@@H]2CC[C@H]1CC(NC(=O)C(=O)c1cc(O)c(O)c(Cl)c1)C2. The molecule has 9 N–H and O–H groups in total.